The molecule has 0 unspecified atom stereocenters. The molecule has 4 amide bonds. The summed E-state index contributed by atoms with van der Waals surface area (Å²) in [7, 11) is 0. The Morgan fingerprint density at radius 3 is 0.939 bits per heavy atom. The zero-order valence-corrected chi connectivity index (χ0v) is 39.9. The third-order valence-electron chi connectivity index (χ3n) is 13.5. The minimum absolute atomic E-state index is 0.158. The predicted octanol–water partition coefficient (Wildman–Crippen LogP) is 7.04. The van der Waals surface area contributed by atoms with Gasteiger partial charge in [-0.15, -0.1) is 0 Å². The molecule has 366 valence electrons. The Kier molecular flexibility index (Phi) is 21.4. The minimum atomic E-state index is -0.600. The smallest absolute Gasteiger partial charge is 0.406 e. The first-order chi connectivity index (χ1) is 32.2. The lowest BCUT2D eigenvalue weighted by atomic mass is 9.85. The summed E-state index contributed by atoms with van der Waals surface area (Å²) in [4.78, 5) is 61.5. The molecule has 4 heterocycles. The fourth-order valence-electron chi connectivity index (χ4n) is 9.37. The van der Waals surface area contributed by atoms with E-state index in [-0.39, 0.29) is 34.8 Å². The Hall–Kier alpha value is -4.64. The third kappa shape index (κ3) is 18.2. The van der Waals surface area contributed by atoms with Crippen molar-refractivity contribution in [2.75, 3.05) is 105 Å². The van der Waals surface area contributed by atoms with Gasteiger partial charge in [0.2, 0.25) is 0 Å². The number of ether oxygens (including phenoxy) is 4. The molecule has 2 aromatic carbocycles. The van der Waals surface area contributed by atoms with Gasteiger partial charge in [-0.3, -0.25) is 0 Å². The number of benzene rings is 2. The van der Waals surface area contributed by atoms with E-state index < -0.39 is 24.4 Å². The standard InChI is InChI=1S/C50H78N8O8/c1-39(35-41-15-17-43(63-47(59)51-19-31-55-23-7-3-8-24-55)45(37-41)65-49(61)53-21-33-57-27-11-5-12-28-57)40(2)36-42-16-18-44(64-48(60)52-20-32-56-25-9-4-10-26-56)46(38-42)66-50(62)54-22-34-58-29-13-6-14-30-58/h15-18,37-40H,3-14,19-36H2,1-2H3,(H,51,59)(H,52,60)(H,53,61)(H,54,62)/t39-,40+. The van der Waals surface area contributed by atoms with Crippen LogP contribution in [0, 0.1) is 11.8 Å². The highest BCUT2D eigenvalue weighted by Crippen LogP contribution is 2.33. The van der Waals surface area contributed by atoms with Gasteiger partial charge in [0.1, 0.15) is 0 Å². The molecule has 0 bridgehead atoms. The summed E-state index contributed by atoms with van der Waals surface area (Å²) < 4.78 is 23.1. The van der Waals surface area contributed by atoms with Crippen molar-refractivity contribution in [2.24, 2.45) is 11.8 Å². The van der Waals surface area contributed by atoms with Crippen LogP contribution in [-0.4, -0.2) is 149 Å². The monoisotopic (exact) mass is 919 g/mol. The number of rotatable bonds is 21. The Labute approximate surface area is 393 Å². The van der Waals surface area contributed by atoms with Gasteiger partial charge >= 0.3 is 24.4 Å². The highest BCUT2D eigenvalue weighted by atomic mass is 16.6. The van der Waals surface area contributed by atoms with E-state index in [1.165, 1.54) is 77.0 Å². The van der Waals surface area contributed by atoms with E-state index >= 15 is 0 Å². The maximum Gasteiger partial charge on any atom is 0.412 e. The van der Waals surface area contributed by atoms with Crippen molar-refractivity contribution >= 4 is 24.4 Å². The SMILES string of the molecule is C[C@H](Cc1ccc(OC(=O)NCCN2CCCCC2)c(OC(=O)NCCN2CCCCC2)c1)[C@@H](C)Cc1ccc(OC(=O)NCCN2CCCCC2)c(OC(=O)NCCN2CCCCC2)c1. The molecule has 0 spiro atoms. The van der Waals surface area contributed by atoms with E-state index in [1.54, 1.807) is 24.3 Å². The number of nitrogens with zero attached hydrogens (tertiary/aromatic N) is 4. The summed E-state index contributed by atoms with van der Waals surface area (Å²) >= 11 is 0. The molecule has 4 N–H and O–H groups in total. The lowest BCUT2D eigenvalue weighted by Gasteiger charge is -2.26. The number of carbonyl (C=O) groups excluding carboxylic acids is 4. The summed E-state index contributed by atoms with van der Waals surface area (Å²) in [5.41, 5.74) is 1.84. The van der Waals surface area contributed by atoms with E-state index in [1.807, 2.05) is 12.1 Å². The van der Waals surface area contributed by atoms with Crippen LogP contribution in [0.2, 0.25) is 0 Å². The zero-order valence-electron chi connectivity index (χ0n) is 39.9. The minimum Gasteiger partial charge on any atom is -0.406 e. The van der Waals surface area contributed by atoms with Gasteiger partial charge in [0.05, 0.1) is 0 Å². The predicted molar refractivity (Wildman–Crippen MR) is 256 cm³/mol. The van der Waals surface area contributed by atoms with Crippen LogP contribution < -0.4 is 40.2 Å². The normalized spacial score (nSPS) is 18.6. The van der Waals surface area contributed by atoms with Crippen molar-refractivity contribution in [3.63, 3.8) is 0 Å². The van der Waals surface area contributed by atoms with Crippen molar-refractivity contribution in [3.8, 4) is 23.0 Å². The van der Waals surface area contributed by atoms with Crippen molar-refractivity contribution in [3.05, 3.63) is 47.5 Å². The molecule has 0 aliphatic carbocycles. The molecule has 2 atom stereocenters. The molecule has 2 aromatic rings. The first-order valence-electron chi connectivity index (χ1n) is 25.1. The summed E-state index contributed by atoms with van der Waals surface area (Å²) in [5, 5.41) is 11.5. The molecule has 0 radical (unpaired) electrons. The van der Waals surface area contributed by atoms with Crippen LogP contribution in [0.3, 0.4) is 0 Å². The second-order valence-corrected chi connectivity index (χ2v) is 18.8. The van der Waals surface area contributed by atoms with E-state index in [2.05, 4.69) is 54.7 Å². The van der Waals surface area contributed by atoms with Crippen LogP contribution in [0.1, 0.15) is 102 Å². The summed E-state index contributed by atoms with van der Waals surface area (Å²) in [6.45, 7) is 17.4. The molecule has 4 fully saturated rings. The number of piperidine rings is 4. The van der Waals surface area contributed by atoms with Gasteiger partial charge in [0.15, 0.2) is 23.0 Å². The Balaban J connectivity index is 1.07. The molecule has 4 aliphatic rings. The highest BCUT2D eigenvalue weighted by molar-refractivity contribution is 5.75. The summed E-state index contributed by atoms with van der Waals surface area (Å²) in [6, 6.07) is 10.8. The van der Waals surface area contributed by atoms with E-state index in [4.69, 9.17) is 18.9 Å². The summed E-state index contributed by atoms with van der Waals surface area (Å²) in [5.74, 6) is 1.01. The third-order valence-corrected chi connectivity index (χ3v) is 13.5. The van der Waals surface area contributed by atoms with Crippen LogP contribution in [0.15, 0.2) is 36.4 Å². The molecule has 0 saturated carbocycles. The lowest BCUT2D eigenvalue weighted by molar-refractivity contribution is 0.183. The number of hydrogen-bond acceptors (Lipinski definition) is 12. The second-order valence-electron chi connectivity index (χ2n) is 18.8. The van der Waals surface area contributed by atoms with Crippen molar-refractivity contribution in [2.45, 2.75) is 104 Å². The Bertz CT molecular complexity index is 1680. The summed E-state index contributed by atoms with van der Waals surface area (Å²) in [6.07, 6.45) is 13.3. The van der Waals surface area contributed by atoms with E-state index in [0.717, 1.165) is 89.7 Å². The number of nitrogens with one attached hydrogen (secondary N) is 4. The maximum absolute atomic E-state index is 13.1. The molecular weight excluding hydrogens is 841 g/mol. The fraction of sp³-hybridized carbons (Fsp3) is 0.680. The van der Waals surface area contributed by atoms with Gasteiger partial charge in [0.25, 0.3) is 0 Å². The molecule has 16 heteroatoms. The van der Waals surface area contributed by atoms with Gasteiger partial charge < -0.3 is 59.8 Å². The topological polar surface area (TPSA) is 166 Å². The van der Waals surface area contributed by atoms with Gasteiger partial charge in [0, 0.05) is 52.4 Å². The van der Waals surface area contributed by atoms with Crippen LogP contribution >= 0.6 is 0 Å². The molecule has 66 heavy (non-hydrogen) atoms. The average Bonchev–Trinajstić information content (AvgIpc) is 3.32. The highest BCUT2D eigenvalue weighted by Gasteiger charge is 2.22. The van der Waals surface area contributed by atoms with Crippen molar-refractivity contribution in [1.29, 1.82) is 0 Å². The number of likely N-dealkylation sites (tertiary alicyclic amines) is 4. The van der Waals surface area contributed by atoms with Gasteiger partial charge in [-0.1, -0.05) is 51.7 Å². The average molecular weight is 919 g/mol. The zero-order chi connectivity index (χ0) is 46.4. The first-order valence-corrected chi connectivity index (χ1v) is 25.1. The fourth-order valence-corrected chi connectivity index (χ4v) is 9.37. The Morgan fingerprint density at radius 1 is 0.409 bits per heavy atom. The van der Waals surface area contributed by atoms with Crippen LogP contribution in [0.5, 0.6) is 23.0 Å². The van der Waals surface area contributed by atoms with Gasteiger partial charge in [-0.2, -0.15) is 0 Å². The quantitative estimate of drug-likeness (QED) is 0.101. The van der Waals surface area contributed by atoms with Crippen LogP contribution in [-0.2, 0) is 12.8 Å². The molecule has 0 aromatic heterocycles. The molecule has 6 rings (SSSR count). The molecule has 16 nitrogen and oxygen atoms in total. The van der Waals surface area contributed by atoms with Crippen LogP contribution in [0.25, 0.3) is 0 Å². The van der Waals surface area contributed by atoms with E-state index in [9.17, 15) is 19.2 Å². The first kappa shape index (κ1) is 50.8. The maximum atomic E-state index is 13.1. The second kappa shape index (κ2) is 27.9. The van der Waals surface area contributed by atoms with Crippen molar-refractivity contribution < 1.29 is 38.1 Å². The van der Waals surface area contributed by atoms with Crippen LogP contribution in [0.4, 0.5) is 19.2 Å². The van der Waals surface area contributed by atoms with E-state index in [0.29, 0.717) is 39.0 Å². The number of hydrogen-bond donors (Lipinski definition) is 4. The largest absolute Gasteiger partial charge is 0.412 e. The molecular formula is C50H78N8O8. The number of carbonyl (C=O) groups is 4. The Morgan fingerprint density at radius 2 is 0.667 bits per heavy atom. The number of amides is 4. The van der Waals surface area contributed by atoms with Gasteiger partial charge in [-0.25, -0.2) is 19.2 Å². The molecule has 4 saturated heterocycles. The molecule has 4 aliphatic heterocycles. The lowest BCUT2D eigenvalue weighted by Crippen LogP contribution is -2.39. The van der Waals surface area contributed by atoms with Gasteiger partial charge in [-0.05, 0) is 164 Å². The van der Waals surface area contributed by atoms with Crippen molar-refractivity contribution in [1.82, 2.24) is 40.9 Å².